The quantitative estimate of drug-likeness (QED) is 0.738. The number of halogens is 1. The summed E-state index contributed by atoms with van der Waals surface area (Å²) >= 11 is 3.48. The molecule has 0 aliphatic carbocycles. The van der Waals surface area contributed by atoms with Gasteiger partial charge in [-0.25, -0.2) is 0 Å². The summed E-state index contributed by atoms with van der Waals surface area (Å²) in [6, 6.07) is 6.11. The van der Waals surface area contributed by atoms with Gasteiger partial charge in [-0.2, -0.15) is 0 Å². The molecule has 0 aliphatic rings. The van der Waals surface area contributed by atoms with Crippen molar-refractivity contribution in [3.63, 3.8) is 0 Å². The van der Waals surface area contributed by atoms with E-state index in [-0.39, 0.29) is 0 Å². The lowest BCUT2D eigenvalue weighted by atomic mass is 10.2. The summed E-state index contributed by atoms with van der Waals surface area (Å²) in [5.41, 5.74) is 1.23. The molecular weight excluding hydrogens is 256 g/mol. The minimum absolute atomic E-state index is 0.741. The van der Waals surface area contributed by atoms with Crippen LogP contribution in [0.25, 0.3) is 0 Å². The fraction of sp³-hybridized carbons (Fsp3) is 0.500. The van der Waals surface area contributed by atoms with E-state index in [9.17, 15) is 0 Å². The first-order valence-electron chi connectivity index (χ1n) is 5.12. The van der Waals surface area contributed by atoms with Gasteiger partial charge in [0.15, 0.2) is 0 Å². The highest BCUT2D eigenvalue weighted by Crippen LogP contribution is 2.25. The van der Waals surface area contributed by atoms with Crippen LogP contribution in [0.5, 0.6) is 5.75 Å². The maximum absolute atomic E-state index is 5.64. The summed E-state index contributed by atoms with van der Waals surface area (Å²) in [6.45, 7) is 3.61. The van der Waals surface area contributed by atoms with E-state index in [1.807, 2.05) is 6.07 Å². The predicted octanol–water partition coefficient (Wildman–Crippen LogP) is 3.56. The van der Waals surface area contributed by atoms with Gasteiger partial charge in [0.1, 0.15) is 5.75 Å². The lowest BCUT2D eigenvalue weighted by Crippen LogP contribution is -2.00. The molecular formula is C12H17BrO2. The molecule has 0 fully saturated rings. The first-order valence-corrected chi connectivity index (χ1v) is 5.91. The van der Waals surface area contributed by atoms with Gasteiger partial charge in [-0.05, 0) is 53.4 Å². The van der Waals surface area contributed by atoms with E-state index in [1.165, 1.54) is 5.56 Å². The molecule has 1 rings (SSSR count). The first-order chi connectivity index (χ1) is 7.24. The molecule has 0 spiro atoms. The van der Waals surface area contributed by atoms with Gasteiger partial charge in [0.2, 0.25) is 0 Å². The van der Waals surface area contributed by atoms with Crippen LogP contribution < -0.4 is 4.74 Å². The van der Waals surface area contributed by atoms with E-state index >= 15 is 0 Å². The number of hydrogen-bond acceptors (Lipinski definition) is 2. The van der Waals surface area contributed by atoms with Crippen LogP contribution in [-0.4, -0.2) is 20.3 Å². The van der Waals surface area contributed by atoms with Gasteiger partial charge in [0.05, 0.1) is 11.1 Å². The van der Waals surface area contributed by atoms with Gasteiger partial charge in [0, 0.05) is 13.7 Å². The van der Waals surface area contributed by atoms with E-state index < -0.39 is 0 Å². The Labute approximate surface area is 99.7 Å². The van der Waals surface area contributed by atoms with Crippen molar-refractivity contribution in [3.8, 4) is 5.75 Å². The number of aryl methyl sites for hydroxylation is 1. The highest BCUT2D eigenvalue weighted by atomic mass is 79.9. The Hall–Kier alpha value is -0.540. The van der Waals surface area contributed by atoms with Gasteiger partial charge in [-0.3, -0.25) is 0 Å². The molecule has 15 heavy (non-hydrogen) atoms. The molecule has 0 aromatic heterocycles. The van der Waals surface area contributed by atoms with Crippen molar-refractivity contribution in [1.82, 2.24) is 0 Å². The lowest BCUT2D eigenvalue weighted by molar-refractivity contribution is 0.184. The molecule has 0 amide bonds. The molecule has 84 valence electrons. The Kier molecular flexibility index (Phi) is 5.73. The van der Waals surface area contributed by atoms with Gasteiger partial charge in [0.25, 0.3) is 0 Å². The van der Waals surface area contributed by atoms with Crippen LogP contribution in [0.4, 0.5) is 0 Å². The Morgan fingerprint density at radius 3 is 2.60 bits per heavy atom. The number of unbranched alkanes of at least 4 members (excludes halogenated alkanes) is 1. The summed E-state index contributed by atoms with van der Waals surface area (Å²) in [7, 11) is 1.72. The largest absolute Gasteiger partial charge is 0.492 e. The third-order valence-corrected chi connectivity index (χ3v) is 2.71. The summed E-state index contributed by atoms with van der Waals surface area (Å²) in [5, 5.41) is 0. The van der Waals surface area contributed by atoms with Gasteiger partial charge in [-0.1, -0.05) is 6.07 Å². The molecule has 1 aromatic carbocycles. The van der Waals surface area contributed by atoms with Crippen molar-refractivity contribution in [2.45, 2.75) is 19.8 Å². The third-order valence-electron chi connectivity index (χ3n) is 2.09. The van der Waals surface area contributed by atoms with Gasteiger partial charge in [-0.15, -0.1) is 0 Å². The molecule has 3 heteroatoms. The highest BCUT2D eigenvalue weighted by Gasteiger charge is 2.00. The number of methoxy groups -OCH3 is 1. The van der Waals surface area contributed by atoms with E-state index in [2.05, 4.69) is 35.0 Å². The zero-order chi connectivity index (χ0) is 11.1. The molecule has 0 bridgehead atoms. The number of ether oxygens (including phenoxy) is 2. The van der Waals surface area contributed by atoms with Crippen molar-refractivity contribution in [2.24, 2.45) is 0 Å². The van der Waals surface area contributed by atoms with Crippen molar-refractivity contribution >= 4 is 15.9 Å². The lowest BCUT2D eigenvalue weighted by Gasteiger charge is -2.08. The van der Waals surface area contributed by atoms with Crippen LogP contribution in [0.3, 0.4) is 0 Å². The Balaban J connectivity index is 2.31. The van der Waals surface area contributed by atoms with E-state index in [1.54, 1.807) is 7.11 Å². The molecule has 0 N–H and O–H groups in total. The average molecular weight is 273 g/mol. The fourth-order valence-electron chi connectivity index (χ4n) is 1.25. The van der Waals surface area contributed by atoms with Crippen LogP contribution in [-0.2, 0) is 4.74 Å². The van der Waals surface area contributed by atoms with Crippen LogP contribution in [0.1, 0.15) is 18.4 Å². The van der Waals surface area contributed by atoms with Crippen molar-refractivity contribution < 1.29 is 9.47 Å². The highest BCUT2D eigenvalue weighted by molar-refractivity contribution is 9.10. The maximum atomic E-state index is 5.64. The number of rotatable bonds is 6. The molecule has 2 nitrogen and oxygen atoms in total. The Morgan fingerprint density at radius 1 is 1.20 bits per heavy atom. The van der Waals surface area contributed by atoms with Crippen molar-refractivity contribution in [1.29, 1.82) is 0 Å². The van der Waals surface area contributed by atoms with Gasteiger partial charge < -0.3 is 9.47 Å². The van der Waals surface area contributed by atoms with Crippen LogP contribution in [0, 0.1) is 6.92 Å². The molecule has 0 radical (unpaired) electrons. The second-order valence-corrected chi connectivity index (χ2v) is 4.34. The number of hydrogen-bond donors (Lipinski definition) is 0. The average Bonchev–Trinajstić information content (AvgIpc) is 2.20. The second-order valence-electron chi connectivity index (χ2n) is 3.48. The molecule has 1 aromatic rings. The third kappa shape index (κ3) is 4.67. The topological polar surface area (TPSA) is 18.5 Å². The van der Waals surface area contributed by atoms with E-state index in [0.29, 0.717) is 0 Å². The normalized spacial score (nSPS) is 10.3. The maximum Gasteiger partial charge on any atom is 0.133 e. The summed E-state index contributed by atoms with van der Waals surface area (Å²) in [6.07, 6.45) is 2.06. The van der Waals surface area contributed by atoms with Gasteiger partial charge >= 0.3 is 0 Å². The minimum atomic E-state index is 0.741. The first kappa shape index (κ1) is 12.5. The SMILES string of the molecule is COCCCCOc1ccc(C)cc1Br. The van der Waals surface area contributed by atoms with Crippen LogP contribution >= 0.6 is 15.9 Å². The Bertz CT molecular complexity index is 300. The smallest absolute Gasteiger partial charge is 0.133 e. The van der Waals surface area contributed by atoms with Crippen molar-refractivity contribution in [3.05, 3.63) is 28.2 Å². The van der Waals surface area contributed by atoms with E-state index in [4.69, 9.17) is 9.47 Å². The zero-order valence-corrected chi connectivity index (χ0v) is 10.8. The fourth-order valence-corrected chi connectivity index (χ4v) is 1.86. The molecule has 0 atom stereocenters. The molecule has 0 saturated heterocycles. The number of benzene rings is 1. The van der Waals surface area contributed by atoms with Crippen LogP contribution in [0.2, 0.25) is 0 Å². The van der Waals surface area contributed by atoms with E-state index in [0.717, 1.165) is 36.3 Å². The monoisotopic (exact) mass is 272 g/mol. The standard InChI is InChI=1S/C12H17BrO2/c1-10-5-6-12(11(13)9-10)15-8-4-3-7-14-2/h5-6,9H,3-4,7-8H2,1-2H3. The predicted molar refractivity (Wildman–Crippen MR) is 65.5 cm³/mol. The summed E-state index contributed by atoms with van der Waals surface area (Å²) in [4.78, 5) is 0. The molecule has 0 heterocycles. The molecule has 0 saturated carbocycles. The second kappa shape index (κ2) is 6.85. The molecule has 0 unspecified atom stereocenters. The van der Waals surface area contributed by atoms with Crippen LogP contribution in [0.15, 0.2) is 22.7 Å². The summed E-state index contributed by atoms with van der Waals surface area (Å²) in [5.74, 6) is 0.915. The molecule has 0 aliphatic heterocycles. The van der Waals surface area contributed by atoms with Crippen molar-refractivity contribution in [2.75, 3.05) is 20.3 Å². The Morgan fingerprint density at radius 2 is 1.93 bits per heavy atom. The minimum Gasteiger partial charge on any atom is -0.492 e. The zero-order valence-electron chi connectivity index (χ0n) is 9.25. The summed E-state index contributed by atoms with van der Waals surface area (Å²) < 4.78 is 11.6.